The van der Waals surface area contributed by atoms with Gasteiger partial charge >= 0.3 is 5.69 Å². The number of aromatic nitrogens is 2. The highest BCUT2D eigenvalue weighted by Gasteiger charge is 2.20. The highest BCUT2D eigenvalue weighted by molar-refractivity contribution is 6.30. The number of carbonyl (C=O) groups is 1. The Bertz CT molecular complexity index is 867. The van der Waals surface area contributed by atoms with Crippen molar-refractivity contribution in [2.24, 2.45) is 0 Å². The van der Waals surface area contributed by atoms with Crippen LogP contribution in [-0.2, 0) is 17.8 Å². The molecule has 1 unspecified atom stereocenters. The molecule has 0 spiro atoms. The van der Waals surface area contributed by atoms with E-state index in [0.29, 0.717) is 11.6 Å². The zero-order valence-electron chi connectivity index (χ0n) is 13.5. The molecule has 132 valence electrons. The summed E-state index contributed by atoms with van der Waals surface area (Å²) >= 11 is 5.82. The lowest BCUT2D eigenvalue weighted by Gasteiger charge is -2.12. The van der Waals surface area contributed by atoms with Crippen molar-refractivity contribution >= 4 is 17.5 Å². The molecule has 0 bridgehead atoms. The minimum Gasteiger partial charge on any atom is -0.376 e. The number of nitrogens with zero attached hydrogens (tertiary/aromatic N) is 1. The first kappa shape index (κ1) is 17.4. The van der Waals surface area contributed by atoms with E-state index >= 15 is 0 Å². The molecule has 1 aromatic carbocycles. The number of hydrogen-bond donors (Lipinski definition) is 2. The second-order valence-electron chi connectivity index (χ2n) is 5.87. The standard InChI is InChI=1S/C17H18ClN3O4/c18-12-5-3-11(4-6-12)8-19-15(22)14-9-20-17(24)21(16(14)23)10-13-2-1-7-25-13/h3-6,9,13H,1-2,7-8,10H2,(H,19,22)(H,20,24). The Morgan fingerprint density at radius 2 is 2.08 bits per heavy atom. The Hall–Kier alpha value is -2.38. The molecule has 1 aliphatic heterocycles. The van der Waals surface area contributed by atoms with Crippen molar-refractivity contribution in [1.29, 1.82) is 0 Å². The minimum absolute atomic E-state index is 0.105. The number of ether oxygens (including phenoxy) is 1. The molecule has 2 heterocycles. The van der Waals surface area contributed by atoms with Crippen LogP contribution in [0.15, 0.2) is 40.1 Å². The average Bonchev–Trinajstić information content (AvgIpc) is 3.11. The molecule has 3 rings (SSSR count). The first-order valence-electron chi connectivity index (χ1n) is 8.01. The van der Waals surface area contributed by atoms with Crippen LogP contribution < -0.4 is 16.6 Å². The summed E-state index contributed by atoms with van der Waals surface area (Å²) in [7, 11) is 0. The van der Waals surface area contributed by atoms with E-state index in [0.717, 1.165) is 29.2 Å². The maximum absolute atomic E-state index is 12.5. The lowest BCUT2D eigenvalue weighted by atomic mass is 10.2. The molecule has 2 N–H and O–H groups in total. The van der Waals surface area contributed by atoms with Crippen LogP contribution in [0, 0.1) is 0 Å². The van der Waals surface area contributed by atoms with E-state index in [4.69, 9.17) is 16.3 Å². The van der Waals surface area contributed by atoms with Crippen molar-refractivity contribution in [1.82, 2.24) is 14.9 Å². The number of rotatable bonds is 5. The van der Waals surface area contributed by atoms with E-state index in [1.165, 1.54) is 0 Å². The first-order chi connectivity index (χ1) is 12.0. The average molecular weight is 364 g/mol. The van der Waals surface area contributed by atoms with Crippen molar-refractivity contribution in [2.75, 3.05) is 6.61 Å². The molecule has 0 radical (unpaired) electrons. The highest BCUT2D eigenvalue weighted by atomic mass is 35.5. The summed E-state index contributed by atoms with van der Waals surface area (Å²) in [6.07, 6.45) is 2.66. The summed E-state index contributed by atoms with van der Waals surface area (Å²) < 4.78 is 6.48. The lowest BCUT2D eigenvalue weighted by molar-refractivity contribution is 0.0921. The summed E-state index contributed by atoms with van der Waals surface area (Å²) in [6, 6.07) is 7.01. The van der Waals surface area contributed by atoms with Gasteiger partial charge in [-0.2, -0.15) is 0 Å². The van der Waals surface area contributed by atoms with Gasteiger partial charge in [0.25, 0.3) is 11.5 Å². The second-order valence-corrected chi connectivity index (χ2v) is 6.30. The van der Waals surface area contributed by atoms with E-state index in [1.807, 2.05) is 0 Å². The van der Waals surface area contributed by atoms with Gasteiger partial charge in [0.1, 0.15) is 5.56 Å². The van der Waals surface area contributed by atoms with Crippen LogP contribution in [0.1, 0.15) is 28.8 Å². The van der Waals surface area contributed by atoms with Gasteiger partial charge in [0.2, 0.25) is 0 Å². The molecule has 8 heteroatoms. The molecule has 1 atom stereocenters. The lowest BCUT2D eigenvalue weighted by Crippen LogP contribution is -2.42. The molecule has 0 aliphatic carbocycles. The fraction of sp³-hybridized carbons (Fsp3) is 0.353. The molecular formula is C17H18ClN3O4. The number of carbonyl (C=O) groups excluding carboxylic acids is 1. The van der Waals surface area contributed by atoms with Crippen molar-refractivity contribution in [3.63, 3.8) is 0 Å². The summed E-state index contributed by atoms with van der Waals surface area (Å²) in [4.78, 5) is 39.2. The maximum Gasteiger partial charge on any atom is 0.328 e. The largest absolute Gasteiger partial charge is 0.376 e. The van der Waals surface area contributed by atoms with Gasteiger partial charge in [-0.05, 0) is 30.5 Å². The van der Waals surface area contributed by atoms with Gasteiger partial charge < -0.3 is 15.0 Å². The van der Waals surface area contributed by atoms with Crippen LogP contribution in [0.3, 0.4) is 0 Å². The van der Waals surface area contributed by atoms with Crippen molar-refractivity contribution in [3.8, 4) is 0 Å². The molecule has 2 aromatic rings. The van der Waals surface area contributed by atoms with E-state index in [-0.39, 0.29) is 24.8 Å². The van der Waals surface area contributed by atoms with Gasteiger partial charge in [-0.3, -0.25) is 14.2 Å². The van der Waals surface area contributed by atoms with Gasteiger partial charge in [-0.25, -0.2) is 4.79 Å². The number of halogens is 1. The smallest absolute Gasteiger partial charge is 0.328 e. The van der Waals surface area contributed by atoms with E-state index in [1.54, 1.807) is 24.3 Å². The van der Waals surface area contributed by atoms with Crippen LogP contribution in [0.25, 0.3) is 0 Å². The SMILES string of the molecule is O=C(NCc1ccc(Cl)cc1)c1c[nH]c(=O)n(CC2CCCO2)c1=O. The Morgan fingerprint density at radius 1 is 1.32 bits per heavy atom. The molecular weight excluding hydrogens is 346 g/mol. The third-order valence-corrected chi connectivity index (χ3v) is 4.33. The number of nitrogens with one attached hydrogen (secondary N) is 2. The van der Waals surface area contributed by atoms with Crippen LogP contribution >= 0.6 is 11.6 Å². The van der Waals surface area contributed by atoms with Gasteiger partial charge in [0.05, 0.1) is 12.6 Å². The van der Waals surface area contributed by atoms with Crippen LogP contribution in [0.5, 0.6) is 0 Å². The maximum atomic E-state index is 12.5. The normalized spacial score (nSPS) is 16.8. The van der Waals surface area contributed by atoms with Crippen LogP contribution in [0.4, 0.5) is 0 Å². The number of aromatic amines is 1. The van der Waals surface area contributed by atoms with Gasteiger partial charge in [-0.1, -0.05) is 23.7 Å². The monoisotopic (exact) mass is 363 g/mol. The number of hydrogen-bond acceptors (Lipinski definition) is 4. The molecule has 1 aromatic heterocycles. The van der Waals surface area contributed by atoms with Crippen molar-refractivity contribution in [2.45, 2.75) is 32.0 Å². The van der Waals surface area contributed by atoms with Crippen LogP contribution in [0.2, 0.25) is 5.02 Å². The van der Waals surface area contributed by atoms with Gasteiger partial charge in [-0.15, -0.1) is 0 Å². The fourth-order valence-electron chi connectivity index (χ4n) is 2.71. The Kier molecular flexibility index (Phi) is 5.35. The molecule has 0 saturated carbocycles. The summed E-state index contributed by atoms with van der Waals surface area (Å²) in [5.74, 6) is -0.544. The minimum atomic E-state index is -0.618. The fourth-order valence-corrected chi connectivity index (χ4v) is 2.84. The topological polar surface area (TPSA) is 93.2 Å². The molecule has 7 nitrogen and oxygen atoms in total. The summed E-state index contributed by atoms with van der Waals surface area (Å²) in [6.45, 7) is 1.02. The molecule has 1 aliphatic rings. The number of H-pyrrole nitrogens is 1. The molecule has 25 heavy (non-hydrogen) atoms. The van der Waals surface area contributed by atoms with E-state index in [9.17, 15) is 14.4 Å². The molecule has 1 amide bonds. The Morgan fingerprint density at radius 3 is 2.76 bits per heavy atom. The van der Waals surface area contributed by atoms with Crippen molar-refractivity contribution in [3.05, 3.63) is 67.4 Å². The first-order valence-corrected chi connectivity index (χ1v) is 8.39. The third kappa shape index (κ3) is 4.18. The van der Waals surface area contributed by atoms with Gasteiger partial charge in [0, 0.05) is 24.4 Å². The van der Waals surface area contributed by atoms with Crippen molar-refractivity contribution < 1.29 is 9.53 Å². The molecule has 1 fully saturated rings. The Labute approximate surface area is 148 Å². The number of benzene rings is 1. The summed E-state index contributed by atoms with van der Waals surface area (Å²) in [5.41, 5.74) is -0.420. The van der Waals surface area contributed by atoms with E-state index in [2.05, 4.69) is 10.3 Å². The summed E-state index contributed by atoms with van der Waals surface area (Å²) in [5, 5.41) is 3.27. The zero-order chi connectivity index (χ0) is 17.8. The third-order valence-electron chi connectivity index (χ3n) is 4.08. The predicted molar refractivity (Wildman–Crippen MR) is 92.9 cm³/mol. The van der Waals surface area contributed by atoms with Gasteiger partial charge in [0.15, 0.2) is 0 Å². The molecule has 1 saturated heterocycles. The van der Waals surface area contributed by atoms with Crippen LogP contribution in [-0.4, -0.2) is 28.2 Å². The Balaban J connectivity index is 1.74. The van der Waals surface area contributed by atoms with E-state index < -0.39 is 17.2 Å². The second kappa shape index (κ2) is 7.67. The predicted octanol–water partition coefficient (Wildman–Crippen LogP) is 1.30. The number of amides is 1. The highest BCUT2D eigenvalue weighted by Crippen LogP contribution is 2.12. The zero-order valence-corrected chi connectivity index (χ0v) is 14.2. The quantitative estimate of drug-likeness (QED) is 0.837.